The van der Waals surface area contributed by atoms with E-state index >= 15 is 0 Å². The number of ether oxygens (including phenoxy) is 1. The molecular weight excluding hydrogens is 338 g/mol. The Balaban J connectivity index is 2.02. The van der Waals surface area contributed by atoms with Crippen LogP contribution in [0.2, 0.25) is 0 Å². The Kier molecular flexibility index (Phi) is 7.35. The number of hydrogen-bond donors (Lipinski definition) is 2. The molecule has 6 heteroatoms. The lowest BCUT2D eigenvalue weighted by atomic mass is 10.1. The van der Waals surface area contributed by atoms with Crippen molar-refractivity contribution >= 4 is 30.2 Å². The van der Waals surface area contributed by atoms with Crippen molar-refractivity contribution in [1.29, 1.82) is 0 Å². The third-order valence-electron chi connectivity index (χ3n) is 3.68. The Hall–Kier alpha value is -2.47. The predicted molar refractivity (Wildman–Crippen MR) is 100 cm³/mol. The molecule has 2 rings (SSSR count). The number of hydrogen-bond acceptors (Lipinski definition) is 4. The van der Waals surface area contributed by atoms with Crippen molar-refractivity contribution in [1.82, 2.24) is 0 Å². The van der Waals surface area contributed by atoms with Crippen LogP contribution in [0.5, 0.6) is 5.75 Å². The Morgan fingerprint density at radius 1 is 1.04 bits per heavy atom. The van der Waals surface area contributed by atoms with Crippen LogP contribution in [0.4, 0.5) is 5.69 Å². The van der Waals surface area contributed by atoms with Gasteiger partial charge in [0.1, 0.15) is 12.3 Å². The van der Waals surface area contributed by atoms with Crippen molar-refractivity contribution in [2.24, 2.45) is 5.92 Å². The first-order chi connectivity index (χ1) is 12.1. The summed E-state index contributed by atoms with van der Waals surface area (Å²) < 4.78 is 5.63. The second-order valence-corrected chi connectivity index (χ2v) is 5.85. The summed E-state index contributed by atoms with van der Waals surface area (Å²) in [5.74, 6) is -0.694. The van der Waals surface area contributed by atoms with E-state index in [2.05, 4.69) is 12.6 Å². The van der Waals surface area contributed by atoms with Crippen LogP contribution in [0, 0.1) is 5.92 Å². The van der Waals surface area contributed by atoms with Crippen LogP contribution < -0.4 is 9.64 Å². The normalized spacial score (nSPS) is 11.6. The van der Waals surface area contributed by atoms with E-state index in [1.54, 1.807) is 24.3 Å². The van der Waals surface area contributed by atoms with Crippen LogP contribution >= 0.6 is 12.6 Å². The second kappa shape index (κ2) is 9.74. The first kappa shape index (κ1) is 18.9. The quantitative estimate of drug-likeness (QED) is 0.675. The van der Waals surface area contributed by atoms with Gasteiger partial charge in [-0.3, -0.25) is 9.59 Å². The molecule has 0 saturated carbocycles. The Morgan fingerprint density at radius 3 is 2.20 bits per heavy atom. The molecule has 0 radical (unpaired) electrons. The first-order valence-electron chi connectivity index (χ1n) is 7.98. The van der Waals surface area contributed by atoms with Gasteiger partial charge in [0, 0.05) is 11.4 Å². The van der Waals surface area contributed by atoms with Crippen LogP contribution in [-0.2, 0) is 9.59 Å². The van der Waals surface area contributed by atoms with E-state index < -0.39 is 11.9 Å². The molecule has 0 aliphatic carbocycles. The van der Waals surface area contributed by atoms with Gasteiger partial charge in [0.15, 0.2) is 0 Å². The van der Waals surface area contributed by atoms with Gasteiger partial charge in [0.05, 0.1) is 12.5 Å². The number of amides is 1. The highest BCUT2D eigenvalue weighted by Crippen LogP contribution is 2.19. The maximum absolute atomic E-state index is 12.8. The minimum absolute atomic E-state index is 0.264. The van der Waals surface area contributed by atoms with E-state index in [1.807, 2.05) is 36.4 Å². The number of para-hydroxylation sites is 2. The maximum atomic E-state index is 12.8. The molecule has 0 unspecified atom stereocenters. The zero-order valence-electron chi connectivity index (χ0n) is 13.7. The molecule has 5 nitrogen and oxygen atoms in total. The summed E-state index contributed by atoms with van der Waals surface area (Å²) >= 11 is 4.26. The second-order valence-electron chi connectivity index (χ2n) is 5.48. The predicted octanol–water partition coefficient (Wildman–Crippen LogP) is 3.12. The monoisotopic (exact) mass is 359 g/mol. The van der Waals surface area contributed by atoms with E-state index in [1.165, 1.54) is 4.90 Å². The summed E-state index contributed by atoms with van der Waals surface area (Å²) in [4.78, 5) is 25.3. The molecule has 0 aliphatic rings. The molecular formula is C19H21NO4S. The number of rotatable bonds is 9. The number of benzene rings is 2. The average molecular weight is 359 g/mol. The van der Waals surface area contributed by atoms with Gasteiger partial charge < -0.3 is 14.7 Å². The summed E-state index contributed by atoms with van der Waals surface area (Å²) in [6.07, 6.45) is 0.459. The molecule has 1 atom stereocenters. The molecule has 0 fully saturated rings. The molecule has 2 aromatic carbocycles. The molecule has 0 aliphatic heterocycles. The van der Waals surface area contributed by atoms with Gasteiger partial charge in [-0.1, -0.05) is 36.4 Å². The molecule has 132 valence electrons. The van der Waals surface area contributed by atoms with Crippen molar-refractivity contribution in [2.75, 3.05) is 23.8 Å². The molecule has 25 heavy (non-hydrogen) atoms. The van der Waals surface area contributed by atoms with E-state index in [0.717, 1.165) is 5.75 Å². The molecule has 0 saturated heterocycles. The highest BCUT2D eigenvalue weighted by atomic mass is 32.1. The van der Waals surface area contributed by atoms with Gasteiger partial charge in [0.2, 0.25) is 5.91 Å². The molecule has 0 spiro atoms. The standard InChI is InChI=1S/C19H21NO4S/c21-18(22)13-20(16-7-3-1-4-8-16)19(23)15(14-25)11-12-24-17-9-5-2-6-10-17/h1-10,15,25H,11-14H2,(H,21,22)/t15-/m1/s1. The summed E-state index contributed by atoms with van der Waals surface area (Å²) in [6.45, 7) is -0.0245. The van der Waals surface area contributed by atoms with E-state index in [0.29, 0.717) is 24.5 Å². The number of anilines is 1. The van der Waals surface area contributed by atoms with Gasteiger partial charge >= 0.3 is 5.97 Å². The van der Waals surface area contributed by atoms with Crippen LogP contribution in [0.15, 0.2) is 60.7 Å². The first-order valence-corrected chi connectivity index (χ1v) is 8.62. The third kappa shape index (κ3) is 5.83. The number of thiol groups is 1. The highest BCUT2D eigenvalue weighted by Gasteiger charge is 2.26. The van der Waals surface area contributed by atoms with E-state index in [-0.39, 0.29) is 12.5 Å². The smallest absolute Gasteiger partial charge is 0.323 e. The summed E-state index contributed by atoms with van der Waals surface area (Å²) in [7, 11) is 0. The van der Waals surface area contributed by atoms with Gasteiger partial charge in [-0.15, -0.1) is 0 Å². The number of carbonyl (C=O) groups is 2. The van der Waals surface area contributed by atoms with Crippen LogP contribution in [0.25, 0.3) is 0 Å². The largest absolute Gasteiger partial charge is 0.494 e. The van der Waals surface area contributed by atoms with E-state index in [4.69, 9.17) is 9.84 Å². The van der Waals surface area contributed by atoms with Crippen LogP contribution in [0.1, 0.15) is 6.42 Å². The molecule has 0 bridgehead atoms. The Bertz CT molecular complexity index is 678. The molecule has 0 aromatic heterocycles. The summed E-state index contributed by atoms with van der Waals surface area (Å²) in [5.41, 5.74) is 0.561. The molecule has 2 aromatic rings. The summed E-state index contributed by atoms with van der Waals surface area (Å²) in [5, 5.41) is 9.14. The minimum Gasteiger partial charge on any atom is -0.494 e. The summed E-state index contributed by atoms with van der Waals surface area (Å²) in [6, 6.07) is 18.1. The van der Waals surface area contributed by atoms with Crippen molar-refractivity contribution in [3.05, 3.63) is 60.7 Å². The number of aliphatic carboxylic acids is 1. The zero-order chi connectivity index (χ0) is 18.1. The van der Waals surface area contributed by atoms with Gasteiger partial charge in [0.25, 0.3) is 0 Å². The van der Waals surface area contributed by atoms with Crippen molar-refractivity contribution < 1.29 is 19.4 Å². The van der Waals surface area contributed by atoms with Gasteiger partial charge in [-0.2, -0.15) is 12.6 Å². The molecule has 0 heterocycles. The SMILES string of the molecule is O=C(O)CN(C(=O)[C@@H](CS)CCOc1ccccc1)c1ccccc1. The lowest BCUT2D eigenvalue weighted by Gasteiger charge is -2.25. The van der Waals surface area contributed by atoms with Crippen LogP contribution in [-0.4, -0.2) is 35.9 Å². The topological polar surface area (TPSA) is 66.8 Å². The van der Waals surface area contributed by atoms with Gasteiger partial charge in [-0.25, -0.2) is 0 Å². The van der Waals surface area contributed by atoms with Crippen molar-refractivity contribution in [3.8, 4) is 5.75 Å². The van der Waals surface area contributed by atoms with Crippen molar-refractivity contribution in [3.63, 3.8) is 0 Å². The third-order valence-corrected chi connectivity index (χ3v) is 4.12. The maximum Gasteiger partial charge on any atom is 0.323 e. The minimum atomic E-state index is -1.06. The number of carboxylic acids is 1. The number of carboxylic acid groups (broad SMARTS) is 1. The fraction of sp³-hybridized carbons (Fsp3) is 0.263. The molecule has 1 N–H and O–H groups in total. The Labute approximate surface area is 152 Å². The molecule has 1 amide bonds. The van der Waals surface area contributed by atoms with Gasteiger partial charge in [-0.05, 0) is 30.7 Å². The van der Waals surface area contributed by atoms with Crippen molar-refractivity contribution in [2.45, 2.75) is 6.42 Å². The lowest BCUT2D eigenvalue weighted by molar-refractivity contribution is -0.137. The Morgan fingerprint density at radius 2 is 1.64 bits per heavy atom. The zero-order valence-corrected chi connectivity index (χ0v) is 14.6. The number of nitrogens with zero attached hydrogens (tertiary/aromatic N) is 1. The fourth-order valence-electron chi connectivity index (χ4n) is 2.39. The average Bonchev–Trinajstić information content (AvgIpc) is 2.64. The number of carbonyl (C=O) groups excluding carboxylic acids is 1. The van der Waals surface area contributed by atoms with E-state index in [9.17, 15) is 9.59 Å². The van der Waals surface area contributed by atoms with Crippen LogP contribution in [0.3, 0.4) is 0 Å². The fourth-order valence-corrected chi connectivity index (χ4v) is 2.73. The highest BCUT2D eigenvalue weighted by molar-refractivity contribution is 7.80. The lowest BCUT2D eigenvalue weighted by Crippen LogP contribution is -2.41.